The zero-order chi connectivity index (χ0) is 16.5. The Kier molecular flexibility index (Phi) is 16.7. The third-order valence-electron chi connectivity index (χ3n) is 5.09. The first kappa shape index (κ1) is 22.5. The van der Waals surface area contributed by atoms with Gasteiger partial charge in [-0.05, 0) is 18.1 Å². The second-order valence-corrected chi connectivity index (χ2v) is 13.7. The van der Waals surface area contributed by atoms with Gasteiger partial charge in [-0.25, -0.2) is 0 Å². The molecule has 0 rings (SSSR count). The minimum Gasteiger partial charge on any atom is -0.167 e. The number of rotatable bonds is 17. The molecule has 0 N–H and O–H groups in total. The Morgan fingerprint density at radius 2 is 0.864 bits per heavy atom. The lowest BCUT2D eigenvalue weighted by Crippen LogP contribution is -2.25. The van der Waals surface area contributed by atoms with E-state index in [-0.39, 0.29) is 0 Å². The van der Waals surface area contributed by atoms with Crippen LogP contribution >= 0.6 is 11.1 Å². The van der Waals surface area contributed by atoms with Crippen LogP contribution in [0.1, 0.15) is 111 Å². The molecular formula is C20H43ClSi. The van der Waals surface area contributed by atoms with E-state index >= 15 is 0 Å². The lowest BCUT2D eigenvalue weighted by atomic mass is 10.1. The molecule has 0 aromatic heterocycles. The van der Waals surface area contributed by atoms with Crippen molar-refractivity contribution in [3.63, 3.8) is 0 Å². The zero-order valence-electron chi connectivity index (χ0n) is 15.9. The molecule has 0 saturated carbocycles. The molecule has 0 amide bonds. The fraction of sp³-hybridized carbons (Fsp3) is 1.00. The van der Waals surface area contributed by atoms with Crippen molar-refractivity contribution in [2.75, 3.05) is 0 Å². The summed E-state index contributed by atoms with van der Waals surface area (Å²) in [4.78, 5) is 0. The summed E-state index contributed by atoms with van der Waals surface area (Å²) in [6, 6.07) is 3.98. The molecule has 2 heteroatoms. The Morgan fingerprint density at radius 1 is 0.500 bits per heavy atom. The average Bonchev–Trinajstić information content (AvgIpc) is 2.54. The molecule has 1 atom stereocenters. The molecule has 0 nitrogen and oxygen atoms in total. The maximum absolute atomic E-state index is 6.87. The fourth-order valence-electron chi connectivity index (χ4n) is 3.25. The van der Waals surface area contributed by atoms with Gasteiger partial charge in [0.2, 0.25) is 0 Å². The van der Waals surface area contributed by atoms with Gasteiger partial charge in [-0.2, -0.15) is 11.1 Å². The van der Waals surface area contributed by atoms with E-state index in [9.17, 15) is 0 Å². The molecule has 0 aromatic carbocycles. The van der Waals surface area contributed by atoms with Gasteiger partial charge in [-0.1, -0.05) is 111 Å². The smallest absolute Gasteiger partial charge is 0.156 e. The first-order valence-electron chi connectivity index (χ1n) is 10.4. The van der Waals surface area contributed by atoms with Crippen molar-refractivity contribution < 1.29 is 0 Å². The van der Waals surface area contributed by atoms with Gasteiger partial charge in [0, 0.05) is 0 Å². The van der Waals surface area contributed by atoms with Crippen LogP contribution in [0.4, 0.5) is 0 Å². The molecule has 0 aliphatic heterocycles. The summed E-state index contributed by atoms with van der Waals surface area (Å²) in [6.45, 7) is 6.89. The van der Waals surface area contributed by atoms with Crippen molar-refractivity contribution in [2.45, 2.75) is 129 Å². The first-order valence-corrected chi connectivity index (χ1v) is 14.0. The van der Waals surface area contributed by atoms with Gasteiger partial charge in [-0.3, -0.25) is 0 Å². The van der Waals surface area contributed by atoms with Crippen molar-refractivity contribution in [1.29, 1.82) is 0 Å². The molecule has 0 aliphatic carbocycles. The highest BCUT2D eigenvalue weighted by atomic mass is 35.6. The number of unbranched alkanes of at least 4 members (excludes halogenated alkanes) is 12. The summed E-state index contributed by atoms with van der Waals surface area (Å²) >= 11 is 6.87. The van der Waals surface area contributed by atoms with E-state index in [1.54, 1.807) is 0 Å². The molecule has 22 heavy (non-hydrogen) atoms. The Bertz CT molecular complexity index is 220. The molecule has 0 aliphatic rings. The average molecular weight is 347 g/mol. The number of hydrogen-bond acceptors (Lipinski definition) is 0. The SMILES string of the molecule is CCCCCCCCCCCCCC[Si](Cl)(CC)CCCC. The summed E-state index contributed by atoms with van der Waals surface area (Å²) < 4.78 is 0. The number of hydrogen-bond donors (Lipinski definition) is 0. The van der Waals surface area contributed by atoms with Crippen LogP contribution < -0.4 is 0 Å². The quantitative estimate of drug-likeness (QED) is 0.140. The second kappa shape index (κ2) is 16.4. The van der Waals surface area contributed by atoms with Gasteiger partial charge in [0.25, 0.3) is 0 Å². The van der Waals surface area contributed by atoms with Gasteiger partial charge < -0.3 is 0 Å². The molecule has 0 radical (unpaired) electrons. The van der Waals surface area contributed by atoms with E-state index < -0.39 is 7.38 Å². The van der Waals surface area contributed by atoms with Crippen LogP contribution in [0.3, 0.4) is 0 Å². The van der Waals surface area contributed by atoms with E-state index in [1.165, 1.54) is 108 Å². The highest BCUT2D eigenvalue weighted by Gasteiger charge is 2.26. The molecule has 0 spiro atoms. The van der Waals surface area contributed by atoms with Crippen LogP contribution in [0.5, 0.6) is 0 Å². The van der Waals surface area contributed by atoms with Crippen LogP contribution in [0.2, 0.25) is 18.1 Å². The van der Waals surface area contributed by atoms with E-state index in [0.29, 0.717) is 0 Å². The summed E-state index contributed by atoms with van der Waals surface area (Å²) in [5.74, 6) is 0. The van der Waals surface area contributed by atoms with Crippen molar-refractivity contribution in [1.82, 2.24) is 0 Å². The molecule has 0 aromatic rings. The maximum Gasteiger partial charge on any atom is 0.156 e. The highest BCUT2D eigenvalue weighted by Crippen LogP contribution is 2.30. The second-order valence-electron chi connectivity index (χ2n) is 7.25. The van der Waals surface area contributed by atoms with Crippen molar-refractivity contribution in [3.8, 4) is 0 Å². The molecular weight excluding hydrogens is 304 g/mol. The van der Waals surface area contributed by atoms with Gasteiger partial charge in [0.1, 0.15) is 0 Å². The predicted octanol–water partition coefficient (Wildman–Crippen LogP) is 8.69. The van der Waals surface area contributed by atoms with E-state index in [1.807, 2.05) is 0 Å². The summed E-state index contributed by atoms with van der Waals surface area (Å²) in [5, 5.41) is 0. The van der Waals surface area contributed by atoms with Crippen LogP contribution in [-0.4, -0.2) is 7.38 Å². The van der Waals surface area contributed by atoms with Crippen LogP contribution in [0.15, 0.2) is 0 Å². The Hall–Kier alpha value is 0.507. The Balaban J connectivity index is 3.31. The highest BCUT2D eigenvalue weighted by molar-refractivity contribution is 7.20. The molecule has 0 fully saturated rings. The molecule has 0 bridgehead atoms. The van der Waals surface area contributed by atoms with Crippen molar-refractivity contribution >= 4 is 18.5 Å². The van der Waals surface area contributed by atoms with Gasteiger partial charge in [0.05, 0.1) is 0 Å². The number of halogens is 1. The largest absolute Gasteiger partial charge is 0.167 e. The summed E-state index contributed by atoms with van der Waals surface area (Å²) in [6.07, 6.45) is 19.9. The Labute approximate surface area is 147 Å². The van der Waals surface area contributed by atoms with Gasteiger partial charge >= 0.3 is 0 Å². The van der Waals surface area contributed by atoms with Crippen molar-refractivity contribution in [3.05, 3.63) is 0 Å². The van der Waals surface area contributed by atoms with Crippen LogP contribution in [0.25, 0.3) is 0 Å². The molecule has 0 saturated heterocycles. The minimum atomic E-state index is -1.37. The lowest BCUT2D eigenvalue weighted by Gasteiger charge is -2.22. The zero-order valence-corrected chi connectivity index (χ0v) is 17.7. The van der Waals surface area contributed by atoms with Crippen LogP contribution in [-0.2, 0) is 0 Å². The van der Waals surface area contributed by atoms with E-state index in [4.69, 9.17) is 11.1 Å². The fourth-order valence-corrected chi connectivity index (χ4v) is 6.88. The third kappa shape index (κ3) is 14.1. The minimum absolute atomic E-state index is 1.27. The first-order chi connectivity index (χ1) is 10.7. The third-order valence-corrected chi connectivity index (χ3v) is 10.8. The standard InChI is InChI=1S/C20H43ClSi/c1-4-7-9-10-11-12-13-14-15-16-17-18-20-22(21,6-3)19-8-5-2/h4-20H2,1-3H3. The maximum atomic E-state index is 6.87. The van der Waals surface area contributed by atoms with E-state index in [2.05, 4.69) is 20.8 Å². The molecule has 134 valence electrons. The lowest BCUT2D eigenvalue weighted by molar-refractivity contribution is 0.547. The van der Waals surface area contributed by atoms with Crippen molar-refractivity contribution in [2.24, 2.45) is 0 Å². The normalized spacial score (nSPS) is 14.2. The van der Waals surface area contributed by atoms with Crippen LogP contribution in [0, 0.1) is 0 Å². The Morgan fingerprint density at radius 3 is 1.27 bits per heavy atom. The molecule has 0 heterocycles. The molecule has 1 unspecified atom stereocenters. The van der Waals surface area contributed by atoms with Gasteiger partial charge in [0.15, 0.2) is 7.38 Å². The summed E-state index contributed by atoms with van der Waals surface area (Å²) in [7, 11) is -1.37. The van der Waals surface area contributed by atoms with Gasteiger partial charge in [-0.15, -0.1) is 0 Å². The van der Waals surface area contributed by atoms with E-state index in [0.717, 1.165) is 0 Å². The summed E-state index contributed by atoms with van der Waals surface area (Å²) in [5.41, 5.74) is 0. The monoisotopic (exact) mass is 346 g/mol. The topological polar surface area (TPSA) is 0 Å². The predicted molar refractivity (Wildman–Crippen MR) is 108 cm³/mol.